The maximum atomic E-state index is 5.77. The highest BCUT2D eigenvalue weighted by molar-refractivity contribution is 5.83. The van der Waals surface area contributed by atoms with Crippen LogP contribution in [0.3, 0.4) is 0 Å². The van der Waals surface area contributed by atoms with Gasteiger partial charge in [0.25, 0.3) is 0 Å². The highest BCUT2D eigenvalue weighted by Gasteiger charge is 2.15. The van der Waals surface area contributed by atoms with Gasteiger partial charge in [-0.25, -0.2) is 4.98 Å². The normalized spacial score (nSPS) is 14.8. The topological polar surface area (TPSA) is 25.1 Å². The minimum Gasteiger partial charge on any atom is -0.478 e. The van der Waals surface area contributed by atoms with Gasteiger partial charge in [-0.3, -0.25) is 0 Å². The van der Waals surface area contributed by atoms with Gasteiger partial charge in [-0.2, -0.15) is 0 Å². The number of rotatable bonds is 5. The quantitative estimate of drug-likeness (QED) is 0.607. The Bertz CT molecular complexity index is 591. The third-order valence-corrected chi connectivity index (χ3v) is 3.56. The van der Waals surface area contributed by atoms with Crippen LogP contribution in [0.1, 0.15) is 17.5 Å². The second kappa shape index (κ2) is 5.17. The van der Waals surface area contributed by atoms with Crippen LogP contribution in [0.4, 0.5) is 0 Å². The summed E-state index contributed by atoms with van der Waals surface area (Å²) < 4.78 is 5.77. The molecule has 0 saturated carbocycles. The van der Waals surface area contributed by atoms with Crippen molar-refractivity contribution in [2.45, 2.75) is 20.3 Å². The lowest BCUT2D eigenvalue weighted by Crippen LogP contribution is -2.07. The molecular weight excluding hydrogens is 236 g/mol. The van der Waals surface area contributed by atoms with Crippen LogP contribution in [0.25, 0.3) is 10.9 Å². The van der Waals surface area contributed by atoms with Crippen LogP contribution in [0, 0.1) is 13.8 Å². The highest BCUT2D eigenvalue weighted by atomic mass is 16.5. The molecular formula is C16H20N2O. The van der Waals surface area contributed by atoms with Crippen molar-refractivity contribution in [2.75, 3.05) is 26.2 Å². The van der Waals surface area contributed by atoms with Crippen molar-refractivity contribution in [3.63, 3.8) is 0 Å². The minimum absolute atomic E-state index is 0.750. The summed E-state index contributed by atoms with van der Waals surface area (Å²) in [5.41, 5.74) is 3.52. The lowest BCUT2D eigenvalue weighted by molar-refractivity contribution is 0.289. The first-order chi connectivity index (χ1) is 9.22. The fourth-order valence-electron chi connectivity index (χ4n) is 2.31. The Balaban J connectivity index is 1.70. The fraction of sp³-hybridized carbons (Fsp3) is 0.438. The second-order valence-corrected chi connectivity index (χ2v) is 5.34. The van der Waals surface area contributed by atoms with Gasteiger partial charge in [0, 0.05) is 31.1 Å². The van der Waals surface area contributed by atoms with Crippen molar-refractivity contribution >= 4 is 10.9 Å². The molecule has 1 aromatic heterocycles. The van der Waals surface area contributed by atoms with E-state index in [9.17, 15) is 0 Å². The third kappa shape index (κ3) is 3.04. The van der Waals surface area contributed by atoms with Crippen LogP contribution in [0.5, 0.6) is 5.88 Å². The molecule has 0 amide bonds. The van der Waals surface area contributed by atoms with Gasteiger partial charge >= 0.3 is 0 Å². The molecule has 2 aromatic rings. The summed E-state index contributed by atoms with van der Waals surface area (Å²) in [7, 11) is 0. The van der Waals surface area contributed by atoms with Gasteiger partial charge in [0.15, 0.2) is 0 Å². The molecule has 100 valence electrons. The SMILES string of the molecule is Cc1ccc2nc(OCCCN3CC3)cc(C)c2c1. The van der Waals surface area contributed by atoms with Crippen LogP contribution in [-0.4, -0.2) is 36.1 Å². The number of aryl methyl sites for hydroxylation is 2. The maximum Gasteiger partial charge on any atom is 0.214 e. The van der Waals surface area contributed by atoms with Gasteiger partial charge < -0.3 is 9.64 Å². The summed E-state index contributed by atoms with van der Waals surface area (Å²) in [6.45, 7) is 8.63. The molecule has 0 N–H and O–H groups in total. The predicted octanol–water partition coefficient (Wildman–Crippen LogP) is 2.94. The maximum absolute atomic E-state index is 5.77. The standard InChI is InChI=1S/C16H20N2O/c1-12-4-5-15-14(10-12)13(2)11-16(17-15)19-9-3-6-18-7-8-18/h4-5,10-11H,3,6-9H2,1-2H3. The molecule has 3 rings (SSSR count). The molecule has 2 heterocycles. The lowest BCUT2D eigenvalue weighted by atomic mass is 10.1. The molecule has 1 saturated heterocycles. The molecule has 1 fully saturated rings. The Hall–Kier alpha value is -1.61. The van der Waals surface area contributed by atoms with Gasteiger partial charge in [-0.1, -0.05) is 11.6 Å². The summed E-state index contributed by atoms with van der Waals surface area (Å²) >= 11 is 0. The van der Waals surface area contributed by atoms with Crippen molar-refractivity contribution in [1.82, 2.24) is 9.88 Å². The predicted molar refractivity (Wildman–Crippen MR) is 77.8 cm³/mol. The Morgan fingerprint density at radius 2 is 2.05 bits per heavy atom. The van der Waals surface area contributed by atoms with Crippen LogP contribution in [0.15, 0.2) is 24.3 Å². The number of nitrogens with zero attached hydrogens (tertiary/aromatic N) is 2. The van der Waals surface area contributed by atoms with Crippen LogP contribution >= 0.6 is 0 Å². The third-order valence-electron chi connectivity index (χ3n) is 3.56. The molecule has 0 spiro atoms. The van der Waals surface area contributed by atoms with Crippen molar-refractivity contribution in [3.8, 4) is 5.88 Å². The van der Waals surface area contributed by atoms with Gasteiger partial charge in [-0.05, 0) is 38.0 Å². The van der Waals surface area contributed by atoms with Gasteiger partial charge in [0.2, 0.25) is 5.88 Å². The minimum atomic E-state index is 0.750. The van der Waals surface area contributed by atoms with E-state index < -0.39 is 0 Å². The number of benzene rings is 1. The summed E-state index contributed by atoms with van der Waals surface area (Å²) in [4.78, 5) is 6.98. The number of hydrogen-bond donors (Lipinski definition) is 0. The Morgan fingerprint density at radius 3 is 2.84 bits per heavy atom. The largest absolute Gasteiger partial charge is 0.478 e. The van der Waals surface area contributed by atoms with E-state index in [0.717, 1.165) is 31.0 Å². The highest BCUT2D eigenvalue weighted by Crippen LogP contribution is 2.22. The first-order valence-corrected chi connectivity index (χ1v) is 6.95. The van der Waals surface area contributed by atoms with Crippen LogP contribution < -0.4 is 4.74 Å². The molecule has 3 heteroatoms. The Labute approximate surface area is 114 Å². The molecule has 0 aliphatic carbocycles. The van der Waals surface area contributed by atoms with Gasteiger partial charge in [0.05, 0.1) is 12.1 Å². The van der Waals surface area contributed by atoms with E-state index in [1.807, 2.05) is 6.07 Å². The Morgan fingerprint density at radius 1 is 1.21 bits per heavy atom. The van der Waals surface area contributed by atoms with E-state index in [1.165, 1.54) is 29.6 Å². The lowest BCUT2D eigenvalue weighted by Gasteiger charge is -2.09. The molecule has 0 unspecified atom stereocenters. The molecule has 1 aliphatic heterocycles. The van der Waals surface area contributed by atoms with Crippen molar-refractivity contribution in [3.05, 3.63) is 35.4 Å². The first kappa shape index (κ1) is 12.4. The molecule has 1 aliphatic rings. The van der Waals surface area contributed by atoms with Crippen LogP contribution in [0.2, 0.25) is 0 Å². The number of hydrogen-bond acceptors (Lipinski definition) is 3. The number of aromatic nitrogens is 1. The molecule has 19 heavy (non-hydrogen) atoms. The van der Waals surface area contributed by atoms with Crippen molar-refractivity contribution in [1.29, 1.82) is 0 Å². The smallest absolute Gasteiger partial charge is 0.214 e. The van der Waals surface area contributed by atoms with E-state index >= 15 is 0 Å². The zero-order valence-electron chi connectivity index (χ0n) is 11.6. The summed E-state index contributed by atoms with van der Waals surface area (Å²) in [6, 6.07) is 8.39. The van der Waals surface area contributed by atoms with E-state index in [4.69, 9.17) is 4.74 Å². The first-order valence-electron chi connectivity index (χ1n) is 6.95. The molecule has 3 nitrogen and oxygen atoms in total. The average molecular weight is 256 g/mol. The molecule has 0 atom stereocenters. The van der Waals surface area contributed by atoms with Gasteiger partial charge in [-0.15, -0.1) is 0 Å². The summed E-state index contributed by atoms with van der Waals surface area (Å²) in [5.74, 6) is 0.750. The van der Waals surface area contributed by atoms with Crippen molar-refractivity contribution < 1.29 is 4.74 Å². The van der Waals surface area contributed by atoms with E-state index in [1.54, 1.807) is 0 Å². The number of fused-ring (bicyclic) bond motifs is 1. The Kier molecular flexibility index (Phi) is 3.38. The van der Waals surface area contributed by atoms with Crippen LogP contribution in [-0.2, 0) is 0 Å². The summed E-state index contributed by atoms with van der Waals surface area (Å²) in [5, 5.41) is 1.22. The average Bonchev–Trinajstić information content (AvgIpc) is 3.20. The zero-order valence-corrected chi connectivity index (χ0v) is 11.6. The second-order valence-electron chi connectivity index (χ2n) is 5.34. The zero-order chi connectivity index (χ0) is 13.2. The summed E-state index contributed by atoms with van der Waals surface area (Å²) in [6.07, 6.45) is 1.08. The fourth-order valence-corrected chi connectivity index (χ4v) is 2.31. The molecule has 1 aromatic carbocycles. The van der Waals surface area contributed by atoms with E-state index in [0.29, 0.717) is 0 Å². The molecule has 0 radical (unpaired) electrons. The van der Waals surface area contributed by atoms with Crippen molar-refractivity contribution in [2.24, 2.45) is 0 Å². The van der Waals surface area contributed by atoms with Gasteiger partial charge in [0.1, 0.15) is 0 Å². The molecule has 0 bridgehead atoms. The van der Waals surface area contributed by atoms with E-state index in [2.05, 4.69) is 41.9 Å². The number of ether oxygens (including phenoxy) is 1. The number of pyridine rings is 1. The monoisotopic (exact) mass is 256 g/mol. The van der Waals surface area contributed by atoms with E-state index in [-0.39, 0.29) is 0 Å².